The topological polar surface area (TPSA) is 55.6 Å². The molecule has 5 nitrogen and oxygen atoms in total. The van der Waals surface area contributed by atoms with E-state index in [1.807, 2.05) is 60.7 Å². The number of aromatic nitrogens is 1. The molecule has 0 aliphatic carbocycles. The molecule has 0 bridgehead atoms. The van der Waals surface area contributed by atoms with E-state index in [-0.39, 0.29) is 0 Å². The van der Waals surface area contributed by atoms with Gasteiger partial charge in [0.1, 0.15) is 22.3 Å². The average molecular weight is 695 g/mol. The number of para-hydroxylation sites is 4. The normalized spacial score (nSPS) is 11.7. The maximum atomic E-state index is 6.60. The van der Waals surface area contributed by atoms with Crippen LogP contribution >= 0.6 is 0 Å². The van der Waals surface area contributed by atoms with Crippen molar-refractivity contribution in [2.45, 2.75) is 0 Å². The molecule has 8 aromatic carbocycles. The summed E-state index contributed by atoms with van der Waals surface area (Å²) in [6, 6.07) is 62.8. The van der Waals surface area contributed by atoms with E-state index in [9.17, 15) is 0 Å². The Morgan fingerprint density at radius 2 is 1.06 bits per heavy atom. The number of hydrogen-bond donors (Lipinski definition) is 0. The summed E-state index contributed by atoms with van der Waals surface area (Å²) in [4.78, 5) is 7.07. The molecule has 0 aliphatic rings. The Bertz CT molecular complexity index is 3140. The van der Waals surface area contributed by atoms with Gasteiger partial charge in [0.2, 0.25) is 5.89 Å². The molecule has 0 radical (unpaired) electrons. The van der Waals surface area contributed by atoms with E-state index < -0.39 is 0 Å². The molecule has 3 aromatic heterocycles. The lowest BCUT2D eigenvalue weighted by Crippen LogP contribution is -2.10. The third-order valence-electron chi connectivity index (χ3n) is 10.3. The Morgan fingerprint density at radius 1 is 0.389 bits per heavy atom. The molecular formula is C49H30N2O3. The maximum Gasteiger partial charge on any atom is 0.228 e. The van der Waals surface area contributed by atoms with Gasteiger partial charge in [-0.25, -0.2) is 4.98 Å². The number of nitrogens with zero attached hydrogens (tertiary/aromatic N) is 2. The lowest BCUT2D eigenvalue weighted by molar-refractivity contribution is 0.620. The lowest BCUT2D eigenvalue weighted by atomic mass is 9.99. The summed E-state index contributed by atoms with van der Waals surface area (Å²) in [6.07, 6.45) is 0. The second-order valence-electron chi connectivity index (χ2n) is 13.5. The highest BCUT2D eigenvalue weighted by molar-refractivity contribution is 6.14. The second-order valence-corrected chi connectivity index (χ2v) is 13.5. The van der Waals surface area contributed by atoms with E-state index in [1.54, 1.807) is 0 Å². The molecule has 3 heterocycles. The number of furan rings is 2. The summed E-state index contributed by atoms with van der Waals surface area (Å²) in [6.45, 7) is 0. The highest BCUT2D eigenvalue weighted by atomic mass is 16.4. The van der Waals surface area contributed by atoms with E-state index in [2.05, 4.69) is 126 Å². The smallest absolute Gasteiger partial charge is 0.228 e. The molecule has 0 aliphatic heterocycles. The van der Waals surface area contributed by atoms with Crippen molar-refractivity contribution >= 4 is 72.0 Å². The van der Waals surface area contributed by atoms with Gasteiger partial charge in [-0.3, -0.25) is 0 Å². The van der Waals surface area contributed by atoms with Gasteiger partial charge in [0.15, 0.2) is 11.2 Å². The van der Waals surface area contributed by atoms with E-state index in [0.717, 1.165) is 88.7 Å². The van der Waals surface area contributed by atoms with Crippen LogP contribution in [0.2, 0.25) is 0 Å². The first kappa shape index (κ1) is 30.3. The number of fused-ring (bicyclic) bond motifs is 7. The van der Waals surface area contributed by atoms with Crippen molar-refractivity contribution in [3.8, 4) is 33.7 Å². The lowest BCUT2D eigenvalue weighted by Gasteiger charge is -2.25. The van der Waals surface area contributed by atoms with Crippen LogP contribution in [0.4, 0.5) is 17.1 Å². The Balaban J connectivity index is 1.07. The van der Waals surface area contributed by atoms with Crippen LogP contribution in [0.3, 0.4) is 0 Å². The number of rotatable bonds is 6. The van der Waals surface area contributed by atoms with Crippen molar-refractivity contribution in [3.05, 3.63) is 182 Å². The van der Waals surface area contributed by atoms with Crippen LogP contribution in [0.25, 0.3) is 88.7 Å². The van der Waals surface area contributed by atoms with Gasteiger partial charge < -0.3 is 18.2 Å². The third kappa shape index (κ3) is 4.90. The van der Waals surface area contributed by atoms with Crippen molar-refractivity contribution < 1.29 is 13.3 Å². The van der Waals surface area contributed by atoms with Gasteiger partial charge in [0, 0.05) is 38.9 Å². The Labute approximate surface area is 309 Å². The Kier molecular flexibility index (Phi) is 6.79. The van der Waals surface area contributed by atoms with Crippen LogP contribution in [-0.2, 0) is 0 Å². The Morgan fingerprint density at radius 3 is 1.91 bits per heavy atom. The molecule has 0 amide bonds. The average Bonchev–Trinajstić information content (AvgIpc) is 3.95. The van der Waals surface area contributed by atoms with Gasteiger partial charge >= 0.3 is 0 Å². The van der Waals surface area contributed by atoms with E-state index >= 15 is 0 Å². The summed E-state index contributed by atoms with van der Waals surface area (Å²) in [5.74, 6) is 0.571. The number of benzene rings is 8. The Hall–Kier alpha value is -7.37. The fourth-order valence-corrected chi connectivity index (χ4v) is 7.77. The molecular weight excluding hydrogens is 665 g/mol. The standard InChI is InChI=1S/C49H30N2O3/c1-2-11-31(12-3-1)33-13-8-14-34(29-33)32-23-25-35(26-24-32)51(42-19-9-16-38-37-15-4-6-20-43(37)53-48(38)42)36-27-28-39-46(30-36)52-45-22-10-17-40(47(39)45)49-50-41-18-5-7-21-44(41)54-49/h1-30H. The zero-order valence-electron chi connectivity index (χ0n) is 28.9. The first-order chi connectivity index (χ1) is 26.7. The molecule has 0 spiro atoms. The predicted octanol–water partition coefficient (Wildman–Crippen LogP) is 14.1. The molecule has 0 fully saturated rings. The number of hydrogen-bond acceptors (Lipinski definition) is 5. The SMILES string of the molecule is c1ccc(-c2cccc(-c3ccc(N(c4ccc5c(c4)oc4cccc(-c6nc7ccccc7o6)c45)c4cccc5c4oc4ccccc45)cc3)c2)cc1. The zero-order valence-corrected chi connectivity index (χ0v) is 28.9. The van der Waals surface area contributed by atoms with E-state index in [4.69, 9.17) is 18.2 Å². The largest absolute Gasteiger partial charge is 0.456 e. The second kappa shape index (κ2) is 12.1. The van der Waals surface area contributed by atoms with Crippen LogP contribution < -0.4 is 4.90 Å². The first-order valence-corrected chi connectivity index (χ1v) is 18.0. The zero-order chi connectivity index (χ0) is 35.6. The monoisotopic (exact) mass is 694 g/mol. The van der Waals surface area contributed by atoms with Crippen LogP contribution in [0, 0.1) is 0 Å². The summed E-state index contributed by atoms with van der Waals surface area (Å²) in [7, 11) is 0. The van der Waals surface area contributed by atoms with Crippen LogP contribution in [-0.4, -0.2) is 4.98 Å². The third-order valence-corrected chi connectivity index (χ3v) is 10.3. The van der Waals surface area contributed by atoms with Gasteiger partial charge in [-0.05, 0) is 89.0 Å². The molecule has 0 N–H and O–H groups in total. The van der Waals surface area contributed by atoms with Gasteiger partial charge in [-0.1, -0.05) is 109 Å². The summed E-state index contributed by atoms with van der Waals surface area (Å²) in [5.41, 5.74) is 13.2. The molecule has 11 rings (SSSR count). The summed E-state index contributed by atoms with van der Waals surface area (Å²) < 4.78 is 19.4. The van der Waals surface area contributed by atoms with Gasteiger partial charge in [0.05, 0.1) is 11.4 Å². The molecule has 11 aromatic rings. The molecule has 0 saturated carbocycles. The number of oxazole rings is 1. The van der Waals surface area contributed by atoms with Crippen molar-refractivity contribution in [1.82, 2.24) is 4.98 Å². The quantitative estimate of drug-likeness (QED) is 0.173. The summed E-state index contributed by atoms with van der Waals surface area (Å²) in [5, 5.41) is 4.11. The van der Waals surface area contributed by atoms with Gasteiger partial charge in [-0.2, -0.15) is 0 Å². The number of anilines is 3. The minimum absolute atomic E-state index is 0.571. The van der Waals surface area contributed by atoms with Gasteiger partial charge in [0.25, 0.3) is 0 Å². The van der Waals surface area contributed by atoms with Gasteiger partial charge in [-0.15, -0.1) is 0 Å². The molecule has 0 saturated heterocycles. The molecule has 5 heteroatoms. The molecule has 0 unspecified atom stereocenters. The van der Waals surface area contributed by atoms with Crippen LogP contribution in [0.1, 0.15) is 0 Å². The van der Waals surface area contributed by atoms with Crippen LogP contribution in [0.5, 0.6) is 0 Å². The fourth-order valence-electron chi connectivity index (χ4n) is 7.77. The minimum Gasteiger partial charge on any atom is -0.456 e. The van der Waals surface area contributed by atoms with E-state index in [0.29, 0.717) is 5.89 Å². The van der Waals surface area contributed by atoms with Crippen molar-refractivity contribution in [1.29, 1.82) is 0 Å². The van der Waals surface area contributed by atoms with E-state index in [1.165, 1.54) is 11.1 Å². The highest BCUT2D eigenvalue weighted by Crippen LogP contribution is 2.45. The fraction of sp³-hybridized carbons (Fsp3) is 0. The predicted molar refractivity (Wildman–Crippen MR) is 220 cm³/mol. The minimum atomic E-state index is 0.571. The first-order valence-electron chi connectivity index (χ1n) is 18.0. The molecule has 54 heavy (non-hydrogen) atoms. The van der Waals surface area contributed by atoms with Crippen molar-refractivity contribution in [2.75, 3.05) is 4.90 Å². The van der Waals surface area contributed by atoms with Crippen molar-refractivity contribution in [2.24, 2.45) is 0 Å². The molecule has 0 atom stereocenters. The van der Waals surface area contributed by atoms with Crippen LogP contribution in [0.15, 0.2) is 195 Å². The summed E-state index contributed by atoms with van der Waals surface area (Å²) >= 11 is 0. The highest BCUT2D eigenvalue weighted by Gasteiger charge is 2.22. The molecule has 254 valence electrons. The van der Waals surface area contributed by atoms with Crippen molar-refractivity contribution in [3.63, 3.8) is 0 Å². The maximum absolute atomic E-state index is 6.60.